The first-order chi connectivity index (χ1) is 10.3. The Kier molecular flexibility index (Phi) is 10.4. The fraction of sp³-hybridized carbons (Fsp3) is 0.500. The summed E-state index contributed by atoms with van der Waals surface area (Å²) in [6.45, 7) is 16.8. The lowest BCUT2D eigenvalue weighted by atomic mass is 10.1. The van der Waals surface area contributed by atoms with E-state index >= 15 is 0 Å². The van der Waals surface area contributed by atoms with E-state index in [1.54, 1.807) is 24.3 Å². The van der Waals surface area contributed by atoms with Crippen molar-refractivity contribution in [2.45, 2.75) is 39.1 Å². The number of carbonyl (C=O) groups excluding carboxylic acids is 1. The number of nitrogens with one attached hydrogen (secondary N) is 1. The van der Waals surface area contributed by atoms with Crippen LogP contribution in [0.3, 0.4) is 0 Å². The van der Waals surface area contributed by atoms with Crippen molar-refractivity contribution < 1.29 is 4.79 Å². The standard InChI is InChI=1S/C18H29ClN2O/c1-7-15(5)11-20-17(8-2)13-21(12-14(3)4)18(22)10-9-16(6)19/h7-11,14,16-17,20H,1-2,12-13H2,3-6H3/b10-9+,15-11+. The van der Waals surface area contributed by atoms with Crippen molar-refractivity contribution in [2.75, 3.05) is 13.1 Å². The number of nitrogens with zero attached hydrogens (tertiary/aromatic N) is 1. The van der Waals surface area contributed by atoms with Gasteiger partial charge in [-0.25, -0.2) is 0 Å². The topological polar surface area (TPSA) is 32.3 Å². The highest BCUT2D eigenvalue weighted by atomic mass is 35.5. The Bertz CT molecular complexity index is 425. The Balaban J connectivity index is 4.90. The quantitative estimate of drug-likeness (QED) is 0.286. The summed E-state index contributed by atoms with van der Waals surface area (Å²) in [6, 6.07) is -0.0144. The average molecular weight is 325 g/mol. The van der Waals surface area contributed by atoms with Gasteiger partial charge in [-0.05, 0) is 31.5 Å². The minimum atomic E-state index is -0.156. The molecule has 0 aromatic rings. The summed E-state index contributed by atoms with van der Waals surface area (Å²) in [5.74, 6) is 0.362. The van der Waals surface area contributed by atoms with E-state index in [0.29, 0.717) is 19.0 Å². The van der Waals surface area contributed by atoms with Crippen LogP contribution in [0.15, 0.2) is 49.2 Å². The first kappa shape index (κ1) is 20.5. The molecule has 0 spiro atoms. The lowest BCUT2D eigenvalue weighted by molar-refractivity contribution is -0.126. The van der Waals surface area contributed by atoms with Gasteiger partial charge in [-0.2, -0.15) is 0 Å². The molecule has 0 fully saturated rings. The second-order valence-electron chi connectivity index (χ2n) is 5.78. The van der Waals surface area contributed by atoms with Gasteiger partial charge in [0.05, 0.1) is 6.04 Å². The lowest BCUT2D eigenvalue weighted by Crippen LogP contribution is -2.42. The highest BCUT2D eigenvalue weighted by Gasteiger charge is 2.16. The number of hydrogen-bond donors (Lipinski definition) is 1. The van der Waals surface area contributed by atoms with E-state index in [1.807, 2.05) is 24.9 Å². The fourth-order valence-electron chi connectivity index (χ4n) is 1.75. The van der Waals surface area contributed by atoms with Crippen LogP contribution in [-0.2, 0) is 4.79 Å². The van der Waals surface area contributed by atoms with Gasteiger partial charge in [0.1, 0.15) is 0 Å². The maximum Gasteiger partial charge on any atom is 0.246 e. The molecule has 0 radical (unpaired) electrons. The summed E-state index contributed by atoms with van der Waals surface area (Å²) in [5, 5.41) is 3.09. The number of allylic oxidation sites excluding steroid dienone is 3. The van der Waals surface area contributed by atoms with Crippen molar-refractivity contribution in [3.8, 4) is 0 Å². The molecule has 0 bridgehead atoms. The molecule has 0 aliphatic carbocycles. The Labute approximate surface area is 140 Å². The summed E-state index contributed by atoms with van der Waals surface area (Å²) in [6.07, 6.45) is 8.71. The molecule has 0 aliphatic heterocycles. The lowest BCUT2D eigenvalue weighted by Gasteiger charge is -2.27. The van der Waals surface area contributed by atoms with Gasteiger partial charge in [-0.3, -0.25) is 4.79 Å². The maximum absolute atomic E-state index is 12.3. The predicted octanol–water partition coefficient (Wildman–Crippen LogP) is 3.89. The Morgan fingerprint density at radius 2 is 1.91 bits per heavy atom. The number of rotatable bonds is 10. The third kappa shape index (κ3) is 9.46. The van der Waals surface area contributed by atoms with Crippen LogP contribution in [-0.4, -0.2) is 35.3 Å². The summed E-state index contributed by atoms with van der Waals surface area (Å²) >= 11 is 5.86. The van der Waals surface area contributed by atoms with E-state index in [-0.39, 0.29) is 17.3 Å². The molecule has 0 aliphatic rings. The fourth-order valence-corrected chi connectivity index (χ4v) is 1.82. The smallest absolute Gasteiger partial charge is 0.246 e. The van der Waals surface area contributed by atoms with Crippen LogP contribution in [0.4, 0.5) is 0 Å². The second-order valence-corrected chi connectivity index (χ2v) is 6.46. The van der Waals surface area contributed by atoms with Crippen LogP contribution in [0.25, 0.3) is 0 Å². The van der Waals surface area contributed by atoms with Gasteiger partial charge in [-0.15, -0.1) is 18.2 Å². The van der Waals surface area contributed by atoms with Crippen LogP contribution in [0.2, 0.25) is 0 Å². The minimum Gasteiger partial charge on any atom is -0.383 e. The van der Waals surface area contributed by atoms with Crippen molar-refractivity contribution in [3.63, 3.8) is 0 Å². The molecule has 1 amide bonds. The van der Waals surface area contributed by atoms with Crippen LogP contribution < -0.4 is 5.32 Å². The summed E-state index contributed by atoms with van der Waals surface area (Å²) in [4.78, 5) is 14.1. The average Bonchev–Trinajstić information content (AvgIpc) is 2.46. The zero-order valence-corrected chi connectivity index (χ0v) is 14.9. The molecule has 0 aromatic heterocycles. The van der Waals surface area contributed by atoms with Crippen molar-refractivity contribution >= 4 is 17.5 Å². The van der Waals surface area contributed by atoms with E-state index in [4.69, 9.17) is 11.6 Å². The van der Waals surface area contributed by atoms with E-state index < -0.39 is 0 Å². The molecular formula is C18H29ClN2O. The molecule has 4 heteroatoms. The zero-order valence-electron chi connectivity index (χ0n) is 14.2. The molecule has 1 N–H and O–H groups in total. The second kappa shape index (κ2) is 11.1. The SMILES string of the molecule is C=C/C(C)=C/NC(C=C)CN(CC(C)C)C(=O)/C=C/C(C)Cl. The van der Waals surface area contributed by atoms with Crippen molar-refractivity contribution in [3.05, 3.63) is 49.2 Å². The molecule has 0 heterocycles. The van der Waals surface area contributed by atoms with Gasteiger partial charge >= 0.3 is 0 Å². The first-order valence-corrected chi connectivity index (χ1v) is 8.02. The van der Waals surface area contributed by atoms with Crippen molar-refractivity contribution in [1.29, 1.82) is 0 Å². The van der Waals surface area contributed by atoms with Crippen LogP contribution >= 0.6 is 11.6 Å². The van der Waals surface area contributed by atoms with Crippen LogP contribution in [0.5, 0.6) is 0 Å². The van der Waals surface area contributed by atoms with E-state index in [2.05, 4.69) is 32.3 Å². The Morgan fingerprint density at radius 3 is 2.36 bits per heavy atom. The van der Waals surface area contributed by atoms with E-state index in [1.165, 1.54) is 0 Å². The molecule has 2 atom stereocenters. The molecule has 2 unspecified atom stereocenters. The third-order valence-corrected chi connectivity index (χ3v) is 3.10. The van der Waals surface area contributed by atoms with Gasteiger partial charge in [-0.1, -0.05) is 38.7 Å². The molecule has 0 rings (SSSR count). The highest BCUT2D eigenvalue weighted by Crippen LogP contribution is 2.05. The number of halogens is 1. The number of amides is 1. The minimum absolute atomic E-state index is 0.0144. The van der Waals surface area contributed by atoms with Crippen molar-refractivity contribution in [2.24, 2.45) is 5.92 Å². The molecular weight excluding hydrogens is 296 g/mol. The summed E-state index contributed by atoms with van der Waals surface area (Å²) in [7, 11) is 0. The Hall–Kier alpha value is -1.48. The van der Waals surface area contributed by atoms with E-state index in [9.17, 15) is 4.79 Å². The maximum atomic E-state index is 12.3. The van der Waals surface area contributed by atoms with Crippen LogP contribution in [0.1, 0.15) is 27.7 Å². The van der Waals surface area contributed by atoms with Gasteiger partial charge in [0, 0.05) is 24.5 Å². The highest BCUT2D eigenvalue weighted by molar-refractivity contribution is 6.21. The molecule has 0 saturated heterocycles. The Morgan fingerprint density at radius 1 is 1.27 bits per heavy atom. The number of alkyl halides is 1. The number of carbonyl (C=O) groups is 1. The summed E-state index contributed by atoms with van der Waals surface area (Å²) in [5.41, 5.74) is 1.03. The van der Waals surface area contributed by atoms with Gasteiger partial charge in [0.2, 0.25) is 5.91 Å². The van der Waals surface area contributed by atoms with Gasteiger partial charge in [0.15, 0.2) is 0 Å². The molecule has 0 saturated carbocycles. The monoisotopic (exact) mass is 324 g/mol. The third-order valence-electron chi connectivity index (χ3n) is 2.95. The molecule has 3 nitrogen and oxygen atoms in total. The first-order valence-electron chi connectivity index (χ1n) is 7.59. The zero-order chi connectivity index (χ0) is 17.1. The molecule has 22 heavy (non-hydrogen) atoms. The summed E-state index contributed by atoms with van der Waals surface area (Å²) < 4.78 is 0. The number of hydrogen-bond acceptors (Lipinski definition) is 2. The normalized spacial score (nSPS) is 14.7. The molecule has 124 valence electrons. The molecule has 0 aromatic carbocycles. The van der Waals surface area contributed by atoms with E-state index in [0.717, 1.165) is 5.57 Å². The van der Waals surface area contributed by atoms with Crippen LogP contribution in [0, 0.1) is 5.92 Å². The largest absolute Gasteiger partial charge is 0.383 e. The van der Waals surface area contributed by atoms with Crippen molar-refractivity contribution in [1.82, 2.24) is 10.2 Å². The van der Waals surface area contributed by atoms with Gasteiger partial charge < -0.3 is 10.2 Å². The predicted molar refractivity (Wildman–Crippen MR) is 96.9 cm³/mol. The van der Waals surface area contributed by atoms with Gasteiger partial charge in [0.25, 0.3) is 0 Å².